The highest BCUT2D eigenvalue weighted by molar-refractivity contribution is 6.33. The Morgan fingerprint density at radius 1 is 1.47 bits per heavy atom. The number of nitrogens with zero attached hydrogens (tertiary/aromatic N) is 1. The second kappa shape index (κ2) is 6.24. The molecule has 4 nitrogen and oxygen atoms in total. The second-order valence-corrected chi connectivity index (χ2v) is 5.77. The summed E-state index contributed by atoms with van der Waals surface area (Å²) < 4.78 is 0. The summed E-state index contributed by atoms with van der Waals surface area (Å²) in [5.74, 6) is 1.06. The van der Waals surface area contributed by atoms with Crippen molar-refractivity contribution in [3.8, 4) is 0 Å². The van der Waals surface area contributed by atoms with Crippen molar-refractivity contribution in [3.05, 3.63) is 22.8 Å². The van der Waals surface area contributed by atoms with Crippen molar-refractivity contribution in [2.24, 2.45) is 11.8 Å². The van der Waals surface area contributed by atoms with E-state index in [1.54, 1.807) is 0 Å². The molecule has 0 unspecified atom stereocenters. The Hall–Kier alpha value is -1.29. The minimum Gasteiger partial charge on any atom is -0.478 e. The summed E-state index contributed by atoms with van der Waals surface area (Å²) in [6, 6.07) is 1.43. The average molecular weight is 283 g/mol. The molecule has 0 aliphatic heterocycles. The van der Waals surface area contributed by atoms with Crippen molar-refractivity contribution >= 4 is 23.4 Å². The third kappa shape index (κ3) is 3.83. The molecular formula is C14H19ClN2O2. The van der Waals surface area contributed by atoms with Crippen LogP contribution >= 0.6 is 11.6 Å². The summed E-state index contributed by atoms with van der Waals surface area (Å²) in [6.45, 7) is 3.15. The summed E-state index contributed by atoms with van der Waals surface area (Å²) in [7, 11) is 0. The summed E-state index contributed by atoms with van der Waals surface area (Å²) in [4.78, 5) is 14.9. The summed E-state index contributed by atoms with van der Waals surface area (Å²) in [6.07, 6.45) is 6.37. The van der Waals surface area contributed by atoms with Crippen molar-refractivity contribution < 1.29 is 9.90 Å². The number of anilines is 1. The van der Waals surface area contributed by atoms with Gasteiger partial charge in [0.2, 0.25) is 0 Å². The molecule has 0 atom stereocenters. The summed E-state index contributed by atoms with van der Waals surface area (Å²) in [5, 5.41) is 12.4. The smallest absolute Gasteiger partial charge is 0.337 e. The highest BCUT2D eigenvalue weighted by atomic mass is 35.5. The molecule has 104 valence electrons. The molecule has 0 aromatic carbocycles. The number of hydrogen-bond donors (Lipinski definition) is 2. The van der Waals surface area contributed by atoms with Gasteiger partial charge in [0.15, 0.2) is 0 Å². The van der Waals surface area contributed by atoms with Crippen molar-refractivity contribution in [2.75, 3.05) is 11.9 Å². The maximum absolute atomic E-state index is 10.8. The van der Waals surface area contributed by atoms with Crippen molar-refractivity contribution in [1.29, 1.82) is 0 Å². The van der Waals surface area contributed by atoms with Crippen LogP contribution in [0.1, 0.15) is 43.0 Å². The quantitative estimate of drug-likeness (QED) is 0.884. The fourth-order valence-corrected chi connectivity index (χ4v) is 2.69. The standard InChI is InChI=1S/C14H19ClN2O2/c1-9-2-4-10(5-3-9)7-16-13-12(15)6-11(8-17-13)14(18)19/h6,8-10H,2-5,7H2,1H3,(H,16,17)(H,18,19). The number of halogens is 1. The van der Waals surface area contributed by atoms with E-state index in [1.165, 1.54) is 37.9 Å². The predicted molar refractivity (Wildman–Crippen MR) is 75.8 cm³/mol. The Labute approximate surface area is 118 Å². The molecule has 19 heavy (non-hydrogen) atoms. The van der Waals surface area contributed by atoms with Crippen LogP contribution in [0, 0.1) is 11.8 Å². The Bertz CT molecular complexity index is 457. The number of carboxylic acids is 1. The van der Waals surface area contributed by atoms with Crippen LogP contribution < -0.4 is 5.32 Å². The lowest BCUT2D eigenvalue weighted by atomic mass is 9.83. The molecule has 5 heteroatoms. The molecule has 0 radical (unpaired) electrons. The number of nitrogens with one attached hydrogen (secondary N) is 1. The van der Waals surface area contributed by atoms with E-state index in [1.807, 2.05) is 0 Å². The van der Waals surface area contributed by atoms with Gasteiger partial charge in [0, 0.05) is 12.7 Å². The minimum atomic E-state index is -1.01. The maximum atomic E-state index is 10.8. The Morgan fingerprint density at radius 2 is 2.16 bits per heavy atom. The molecule has 1 aliphatic rings. The number of rotatable bonds is 4. The molecule has 1 saturated carbocycles. The zero-order valence-corrected chi connectivity index (χ0v) is 11.8. The summed E-state index contributed by atoms with van der Waals surface area (Å²) >= 11 is 6.03. The van der Waals surface area contributed by atoms with E-state index in [-0.39, 0.29) is 5.56 Å². The van der Waals surface area contributed by atoms with Crippen LogP contribution in [0.3, 0.4) is 0 Å². The zero-order chi connectivity index (χ0) is 13.8. The first-order chi connectivity index (χ1) is 9.06. The van der Waals surface area contributed by atoms with Gasteiger partial charge in [-0.2, -0.15) is 0 Å². The SMILES string of the molecule is CC1CCC(CNc2ncc(C(=O)O)cc2Cl)CC1. The predicted octanol–water partition coefficient (Wildman–Crippen LogP) is 3.67. The summed E-state index contributed by atoms with van der Waals surface area (Å²) in [5.41, 5.74) is 0.113. The fraction of sp³-hybridized carbons (Fsp3) is 0.571. The van der Waals surface area contributed by atoms with E-state index >= 15 is 0 Å². The molecule has 1 aromatic rings. The van der Waals surface area contributed by atoms with Gasteiger partial charge in [-0.05, 0) is 30.7 Å². The molecule has 2 rings (SSSR count). The van der Waals surface area contributed by atoms with E-state index < -0.39 is 5.97 Å². The lowest BCUT2D eigenvalue weighted by molar-refractivity contribution is 0.0696. The molecule has 0 amide bonds. The molecule has 1 fully saturated rings. The molecule has 0 spiro atoms. The normalized spacial score (nSPS) is 23.1. The van der Waals surface area contributed by atoms with Gasteiger partial charge in [0.1, 0.15) is 5.82 Å². The van der Waals surface area contributed by atoms with E-state index in [2.05, 4.69) is 17.2 Å². The van der Waals surface area contributed by atoms with E-state index in [0.717, 1.165) is 12.5 Å². The maximum Gasteiger partial charge on any atom is 0.337 e. The number of carboxylic acid groups (broad SMARTS) is 1. The van der Waals surface area contributed by atoms with Gasteiger partial charge < -0.3 is 10.4 Å². The van der Waals surface area contributed by atoms with Crippen LogP contribution in [0.4, 0.5) is 5.82 Å². The first-order valence-corrected chi connectivity index (χ1v) is 7.06. The highest BCUT2D eigenvalue weighted by Crippen LogP contribution is 2.29. The third-order valence-electron chi connectivity index (χ3n) is 3.78. The second-order valence-electron chi connectivity index (χ2n) is 5.37. The monoisotopic (exact) mass is 282 g/mol. The third-order valence-corrected chi connectivity index (χ3v) is 4.07. The molecule has 1 aliphatic carbocycles. The molecule has 2 N–H and O–H groups in total. The van der Waals surface area contributed by atoms with E-state index in [0.29, 0.717) is 16.8 Å². The van der Waals surface area contributed by atoms with Crippen molar-refractivity contribution in [3.63, 3.8) is 0 Å². The zero-order valence-electron chi connectivity index (χ0n) is 11.0. The van der Waals surface area contributed by atoms with Crippen LogP contribution in [-0.4, -0.2) is 22.6 Å². The topological polar surface area (TPSA) is 62.2 Å². The minimum absolute atomic E-state index is 0.113. The van der Waals surface area contributed by atoms with Gasteiger partial charge in [-0.1, -0.05) is 31.4 Å². The number of aromatic nitrogens is 1. The number of pyridine rings is 1. The van der Waals surface area contributed by atoms with Crippen LogP contribution in [-0.2, 0) is 0 Å². The van der Waals surface area contributed by atoms with Gasteiger partial charge in [-0.25, -0.2) is 9.78 Å². The first-order valence-electron chi connectivity index (χ1n) is 6.69. The Balaban J connectivity index is 1.91. The van der Waals surface area contributed by atoms with Crippen LogP contribution in [0.15, 0.2) is 12.3 Å². The van der Waals surface area contributed by atoms with Gasteiger partial charge >= 0.3 is 5.97 Å². The first kappa shape index (κ1) is 14.1. The lowest BCUT2D eigenvalue weighted by Gasteiger charge is -2.26. The van der Waals surface area contributed by atoms with Crippen LogP contribution in [0.2, 0.25) is 5.02 Å². The number of carbonyl (C=O) groups is 1. The molecule has 1 aromatic heterocycles. The van der Waals surface area contributed by atoms with Gasteiger partial charge in [0.05, 0.1) is 10.6 Å². The largest absolute Gasteiger partial charge is 0.478 e. The van der Waals surface area contributed by atoms with Crippen LogP contribution in [0.5, 0.6) is 0 Å². The van der Waals surface area contributed by atoms with Crippen molar-refractivity contribution in [2.45, 2.75) is 32.6 Å². The molecule has 0 saturated heterocycles. The highest BCUT2D eigenvalue weighted by Gasteiger charge is 2.18. The van der Waals surface area contributed by atoms with Crippen molar-refractivity contribution in [1.82, 2.24) is 4.98 Å². The number of aromatic carboxylic acids is 1. The average Bonchev–Trinajstić information content (AvgIpc) is 2.39. The molecule has 0 bridgehead atoms. The number of hydrogen-bond acceptors (Lipinski definition) is 3. The molecule has 1 heterocycles. The Morgan fingerprint density at radius 3 is 2.74 bits per heavy atom. The van der Waals surface area contributed by atoms with Crippen LogP contribution in [0.25, 0.3) is 0 Å². The molecular weight excluding hydrogens is 264 g/mol. The van der Waals surface area contributed by atoms with E-state index in [9.17, 15) is 4.79 Å². The van der Waals surface area contributed by atoms with Gasteiger partial charge in [-0.15, -0.1) is 0 Å². The Kier molecular flexibility index (Phi) is 4.64. The van der Waals surface area contributed by atoms with E-state index in [4.69, 9.17) is 16.7 Å². The van der Waals surface area contributed by atoms with Gasteiger partial charge in [0.25, 0.3) is 0 Å². The van der Waals surface area contributed by atoms with Gasteiger partial charge in [-0.3, -0.25) is 0 Å². The lowest BCUT2D eigenvalue weighted by Crippen LogP contribution is -2.20. The fourth-order valence-electron chi connectivity index (χ4n) is 2.46.